The zero-order valence-electron chi connectivity index (χ0n) is 19.3. The van der Waals surface area contributed by atoms with Crippen LogP contribution in [0, 0.1) is 5.82 Å². The maximum Gasteiger partial charge on any atom is 0.252 e. The number of carbonyl (C=O) groups excluding carboxylic acids is 1. The van der Waals surface area contributed by atoms with Gasteiger partial charge in [0, 0.05) is 30.3 Å². The van der Waals surface area contributed by atoms with Crippen LogP contribution < -0.4 is 22.1 Å². The number of pyridine rings is 1. The predicted molar refractivity (Wildman–Crippen MR) is 128 cm³/mol. The van der Waals surface area contributed by atoms with Crippen molar-refractivity contribution in [2.24, 2.45) is 11.5 Å². The van der Waals surface area contributed by atoms with Gasteiger partial charge in [-0.15, -0.1) is 0 Å². The number of unbranched alkanes of at least 4 members (excludes halogenated alkanes) is 1. The summed E-state index contributed by atoms with van der Waals surface area (Å²) in [6, 6.07) is 6.35. The van der Waals surface area contributed by atoms with Gasteiger partial charge >= 0.3 is 0 Å². The first kappa shape index (κ1) is 24.4. The Morgan fingerprint density at radius 3 is 2.76 bits per heavy atom. The van der Waals surface area contributed by atoms with Gasteiger partial charge in [0.2, 0.25) is 0 Å². The number of hydrogen-bond acceptors (Lipinski definition) is 7. The number of anilines is 3. The van der Waals surface area contributed by atoms with Crippen molar-refractivity contribution in [3.8, 4) is 0 Å². The summed E-state index contributed by atoms with van der Waals surface area (Å²) >= 11 is 0. The number of amides is 1. The van der Waals surface area contributed by atoms with Crippen LogP contribution in [-0.2, 0) is 11.3 Å². The van der Waals surface area contributed by atoms with Crippen molar-refractivity contribution < 1.29 is 13.9 Å². The standard InChI is InChI=1S/C23H32FN7O2/c1-4-5-6-19(14(2)25)29-23-18(24)12-17(21(26)32)22(30-23)28-16-7-8-20-15(11-16)13-27-31(20)9-10-33-3/h7-8,11-14,19H,4-6,9-10,25H2,1-3H3,(H2,26,32)(H2,28,29,30)/t14-,19+/m0/s1. The van der Waals surface area contributed by atoms with E-state index in [9.17, 15) is 9.18 Å². The Morgan fingerprint density at radius 1 is 1.30 bits per heavy atom. The van der Waals surface area contributed by atoms with Crippen molar-refractivity contribution in [3.63, 3.8) is 0 Å². The zero-order valence-corrected chi connectivity index (χ0v) is 19.3. The van der Waals surface area contributed by atoms with E-state index in [-0.39, 0.29) is 29.3 Å². The number of nitrogens with one attached hydrogen (secondary N) is 2. The second-order valence-electron chi connectivity index (χ2n) is 8.09. The lowest BCUT2D eigenvalue weighted by Gasteiger charge is -2.23. The molecule has 178 valence electrons. The van der Waals surface area contributed by atoms with E-state index in [1.807, 2.05) is 29.8 Å². The lowest BCUT2D eigenvalue weighted by molar-refractivity contribution is 0.100. The minimum absolute atomic E-state index is 0.0226. The molecule has 0 fully saturated rings. The van der Waals surface area contributed by atoms with Gasteiger partial charge in [-0.25, -0.2) is 9.37 Å². The van der Waals surface area contributed by atoms with E-state index in [0.29, 0.717) is 18.8 Å². The Morgan fingerprint density at radius 2 is 2.09 bits per heavy atom. The van der Waals surface area contributed by atoms with E-state index in [1.165, 1.54) is 0 Å². The summed E-state index contributed by atoms with van der Waals surface area (Å²) in [6.07, 6.45) is 4.47. The van der Waals surface area contributed by atoms with Crippen molar-refractivity contribution in [3.05, 3.63) is 41.8 Å². The average Bonchev–Trinajstić information content (AvgIpc) is 3.18. The summed E-state index contributed by atoms with van der Waals surface area (Å²) in [5, 5.41) is 11.5. The Hall–Kier alpha value is -3.24. The number of hydrogen-bond donors (Lipinski definition) is 4. The van der Waals surface area contributed by atoms with Gasteiger partial charge in [0.1, 0.15) is 5.82 Å². The van der Waals surface area contributed by atoms with E-state index >= 15 is 0 Å². The number of aromatic nitrogens is 3. The van der Waals surface area contributed by atoms with Crippen molar-refractivity contribution in [1.29, 1.82) is 0 Å². The average molecular weight is 458 g/mol. The molecule has 3 aromatic rings. The number of nitrogens with two attached hydrogens (primary N) is 2. The van der Waals surface area contributed by atoms with Gasteiger partial charge in [-0.3, -0.25) is 9.48 Å². The van der Waals surface area contributed by atoms with E-state index in [1.54, 1.807) is 13.3 Å². The molecule has 6 N–H and O–H groups in total. The minimum Gasteiger partial charge on any atom is -0.383 e. The number of benzene rings is 1. The molecule has 0 spiro atoms. The lowest BCUT2D eigenvalue weighted by atomic mass is 10.0. The number of nitrogens with zero attached hydrogens (tertiary/aromatic N) is 3. The van der Waals surface area contributed by atoms with Crippen molar-refractivity contribution in [2.75, 3.05) is 24.4 Å². The molecule has 0 aliphatic carbocycles. The number of carbonyl (C=O) groups is 1. The number of methoxy groups -OCH3 is 1. The molecule has 1 amide bonds. The molecule has 2 heterocycles. The van der Waals surface area contributed by atoms with Crippen molar-refractivity contribution in [2.45, 2.75) is 51.7 Å². The zero-order chi connectivity index (χ0) is 24.0. The number of ether oxygens (including phenoxy) is 1. The Labute approximate surface area is 192 Å². The second-order valence-corrected chi connectivity index (χ2v) is 8.09. The molecule has 9 nitrogen and oxygen atoms in total. The molecule has 0 aliphatic heterocycles. The highest BCUT2D eigenvalue weighted by molar-refractivity contribution is 5.99. The van der Waals surface area contributed by atoms with Crippen LogP contribution in [0.3, 0.4) is 0 Å². The third kappa shape index (κ3) is 5.96. The van der Waals surface area contributed by atoms with Gasteiger partial charge in [0.15, 0.2) is 11.6 Å². The normalized spacial score (nSPS) is 13.1. The van der Waals surface area contributed by atoms with Gasteiger partial charge in [0.25, 0.3) is 5.91 Å². The lowest BCUT2D eigenvalue weighted by Crippen LogP contribution is -2.38. The van der Waals surface area contributed by atoms with Gasteiger partial charge in [-0.05, 0) is 37.6 Å². The molecular formula is C23H32FN7O2. The summed E-state index contributed by atoms with van der Waals surface area (Å²) in [5.41, 5.74) is 13.1. The Bertz CT molecular complexity index is 1100. The van der Waals surface area contributed by atoms with Crippen LogP contribution in [0.25, 0.3) is 10.9 Å². The van der Waals surface area contributed by atoms with Crippen LogP contribution in [-0.4, -0.2) is 46.5 Å². The number of rotatable bonds is 12. The van der Waals surface area contributed by atoms with Crippen molar-refractivity contribution in [1.82, 2.24) is 14.8 Å². The Kier molecular flexibility index (Phi) is 8.18. The summed E-state index contributed by atoms with van der Waals surface area (Å²) in [7, 11) is 1.64. The summed E-state index contributed by atoms with van der Waals surface area (Å²) in [4.78, 5) is 16.3. The predicted octanol–water partition coefficient (Wildman–Crippen LogP) is 3.38. The molecule has 2 atom stereocenters. The van der Waals surface area contributed by atoms with E-state index < -0.39 is 11.7 Å². The SMILES string of the molecule is CCCC[C@@H](Nc1nc(Nc2ccc3c(cnn3CCOC)c2)c(C(N)=O)cc1F)[C@H](C)N. The first-order valence-corrected chi connectivity index (χ1v) is 11.1. The highest BCUT2D eigenvalue weighted by atomic mass is 19.1. The third-order valence-electron chi connectivity index (χ3n) is 5.48. The number of fused-ring (bicyclic) bond motifs is 1. The largest absolute Gasteiger partial charge is 0.383 e. The third-order valence-corrected chi connectivity index (χ3v) is 5.48. The quantitative estimate of drug-likeness (QED) is 0.328. The number of primary amides is 1. The topological polar surface area (TPSA) is 133 Å². The van der Waals surface area contributed by atoms with E-state index in [0.717, 1.165) is 36.2 Å². The van der Waals surface area contributed by atoms with Crippen molar-refractivity contribution >= 4 is 34.1 Å². The molecule has 3 rings (SSSR count). The molecule has 10 heteroatoms. The van der Waals surface area contributed by atoms with Crippen LogP contribution in [0.4, 0.5) is 21.7 Å². The van der Waals surface area contributed by atoms with E-state index in [2.05, 4.69) is 27.6 Å². The molecule has 0 saturated carbocycles. The second kappa shape index (κ2) is 11.1. The monoisotopic (exact) mass is 457 g/mol. The molecule has 0 bridgehead atoms. The van der Waals surface area contributed by atoms with E-state index in [4.69, 9.17) is 16.2 Å². The molecule has 0 radical (unpaired) electrons. The highest BCUT2D eigenvalue weighted by Crippen LogP contribution is 2.27. The molecule has 33 heavy (non-hydrogen) atoms. The fraction of sp³-hybridized carbons (Fsp3) is 0.435. The van der Waals surface area contributed by atoms with Crippen LogP contribution in [0.1, 0.15) is 43.5 Å². The van der Waals surface area contributed by atoms with Gasteiger partial charge < -0.3 is 26.8 Å². The molecular weight excluding hydrogens is 425 g/mol. The maximum atomic E-state index is 14.8. The number of halogens is 1. The fourth-order valence-corrected chi connectivity index (χ4v) is 3.60. The van der Waals surface area contributed by atoms with Crippen LogP contribution in [0.15, 0.2) is 30.5 Å². The van der Waals surface area contributed by atoms with Crippen LogP contribution >= 0.6 is 0 Å². The molecule has 1 aromatic carbocycles. The first-order valence-electron chi connectivity index (χ1n) is 11.1. The molecule has 0 saturated heterocycles. The smallest absolute Gasteiger partial charge is 0.252 e. The first-order chi connectivity index (χ1) is 15.8. The van der Waals surface area contributed by atoms with Crippen LogP contribution in [0.2, 0.25) is 0 Å². The summed E-state index contributed by atoms with van der Waals surface area (Å²) in [6.45, 7) is 5.13. The van der Waals surface area contributed by atoms with Crippen LogP contribution in [0.5, 0.6) is 0 Å². The summed E-state index contributed by atoms with van der Waals surface area (Å²) < 4.78 is 21.7. The molecule has 0 aliphatic rings. The Balaban J connectivity index is 1.91. The fourth-order valence-electron chi connectivity index (χ4n) is 3.60. The highest BCUT2D eigenvalue weighted by Gasteiger charge is 2.20. The minimum atomic E-state index is -0.779. The maximum absolute atomic E-state index is 14.8. The van der Waals surface area contributed by atoms with Gasteiger partial charge in [-0.2, -0.15) is 5.10 Å². The van der Waals surface area contributed by atoms with Gasteiger partial charge in [0.05, 0.1) is 30.4 Å². The summed E-state index contributed by atoms with van der Waals surface area (Å²) in [5.74, 6) is -1.25. The molecule has 2 aromatic heterocycles. The van der Waals surface area contributed by atoms with Gasteiger partial charge in [-0.1, -0.05) is 19.8 Å². The molecule has 0 unspecified atom stereocenters.